The number of thiophene rings is 1. The second kappa shape index (κ2) is 8.43. The second-order valence-corrected chi connectivity index (χ2v) is 6.91. The molecule has 0 aliphatic heterocycles. The van der Waals surface area contributed by atoms with Crippen molar-refractivity contribution >= 4 is 22.9 Å². The van der Waals surface area contributed by atoms with Crippen LogP contribution >= 0.6 is 11.3 Å². The van der Waals surface area contributed by atoms with Crippen LogP contribution in [-0.2, 0) is 4.79 Å². The van der Waals surface area contributed by atoms with E-state index in [2.05, 4.69) is 34.9 Å². The van der Waals surface area contributed by atoms with Crippen LogP contribution in [0, 0.1) is 11.3 Å². The lowest BCUT2D eigenvalue weighted by Gasteiger charge is -2.22. The van der Waals surface area contributed by atoms with Gasteiger partial charge >= 0.3 is 0 Å². The Labute approximate surface area is 157 Å². The van der Waals surface area contributed by atoms with Crippen molar-refractivity contribution in [1.82, 2.24) is 5.32 Å². The first-order valence-electron chi connectivity index (χ1n) is 8.33. The Morgan fingerprint density at radius 3 is 2.38 bits per heavy atom. The lowest BCUT2D eigenvalue weighted by Crippen LogP contribution is -2.40. The molecule has 1 heterocycles. The SMILES string of the molecule is C[C@@H](N[C@@H](c1ccccc1)c1cccs1)C(=O)Nc1ccc(C#N)cc1. The minimum Gasteiger partial charge on any atom is -0.325 e. The van der Waals surface area contributed by atoms with Crippen molar-refractivity contribution in [2.75, 3.05) is 5.32 Å². The monoisotopic (exact) mass is 361 g/mol. The van der Waals surface area contributed by atoms with Gasteiger partial charge in [-0.15, -0.1) is 11.3 Å². The van der Waals surface area contributed by atoms with Crippen molar-refractivity contribution in [2.24, 2.45) is 0 Å². The van der Waals surface area contributed by atoms with Crippen molar-refractivity contribution in [1.29, 1.82) is 5.26 Å². The largest absolute Gasteiger partial charge is 0.325 e. The molecule has 2 atom stereocenters. The van der Waals surface area contributed by atoms with Gasteiger partial charge in [-0.25, -0.2) is 0 Å². The van der Waals surface area contributed by atoms with E-state index < -0.39 is 6.04 Å². The summed E-state index contributed by atoms with van der Waals surface area (Å²) in [5.41, 5.74) is 2.36. The molecule has 130 valence electrons. The van der Waals surface area contributed by atoms with E-state index >= 15 is 0 Å². The minimum atomic E-state index is -0.391. The van der Waals surface area contributed by atoms with Crippen molar-refractivity contribution < 1.29 is 4.79 Å². The Balaban J connectivity index is 1.72. The summed E-state index contributed by atoms with van der Waals surface area (Å²) >= 11 is 1.66. The molecule has 0 bridgehead atoms. The zero-order valence-corrected chi connectivity index (χ0v) is 15.2. The van der Waals surface area contributed by atoms with Gasteiger partial charge in [-0.2, -0.15) is 5.26 Å². The highest BCUT2D eigenvalue weighted by molar-refractivity contribution is 7.10. The third-order valence-electron chi connectivity index (χ3n) is 4.05. The molecule has 0 radical (unpaired) electrons. The quantitative estimate of drug-likeness (QED) is 0.687. The zero-order chi connectivity index (χ0) is 18.4. The average Bonchev–Trinajstić information content (AvgIpc) is 3.21. The van der Waals surface area contributed by atoms with Crippen LogP contribution in [0.15, 0.2) is 72.1 Å². The van der Waals surface area contributed by atoms with Gasteiger partial charge < -0.3 is 5.32 Å². The molecule has 2 N–H and O–H groups in total. The number of carbonyl (C=O) groups is 1. The molecule has 1 amide bonds. The third-order valence-corrected chi connectivity index (χ3v) is 4.99. The standard InChI is InChI=1S/C21H19N3OS/c1-15(21(25)24-18-11-9-16(14-22)10-12-18)23-20(19-8-5-13-26-19)17-6-3-2-4-7-17/h2-13,15,20,23H,1H3,(H,24,25)/t15-,20+/m1/s1. The second-order valence-electron chi connectivity index (χ2n) is 5.93. The van der Waals surface area contributed by atoms with E-state index in [-0.39, 0.29) is 11.9 Å². The van der Waals surface area contributed by atoms with E-state index in [0.717, 1.165) is 10.4 Å². The van der Waals surface area contributed by atoms with E-state index in [1.54, 1.807) is 35.6 Å². The van der Waals surface area contributed by atoms with Crippen LogP contribution in [0.4, 0.5) is 5.69 Å². The lowest BCUT2D eigenvalue weighted by atomic mass is 10.0. The number of nitrogens with one attached hydrogen (secondary N) is 2. The predicted molar refractivity (Wildman–Crippen MR) is 105 cm³/mol. The van der Waals surface area contributed by atoms with Gasteiger partial charge in [0, 0.05) is 10.6 Å². The number of amides is 1. The van der Waals surface area contributed by atoms with E-state index in [4.69, 9.17) is 5.26 Å². The summed E-state index contributed by atoms with van der Waals surface area (Å²) in [7, 11) is 0. The van der Waals surface area contributed by atoms with E-state index in [1.807, 2.05) is 36.6 Å². The molecule has 0 aliphatic rings. The molecule has 0 fully saturated rings. The number of nitrogens with zero attached hydrogens (tertiary/aromatic N) is 1. The van der Waals surface area contributed by atoms with Crippen molar-refractivity contribution in [3.8, 4) is 6.07 Å². The van der Waals surface area contributed by atoms with Crippen LogP contribution in [0.3, 0.4) is 0 Å². The number of nitriles is 1. The Morgan fingerprint density at radius 2 is 1.77 bits per heavy atom. The van der Waals surface area contributed by atoms with Gasteiger partial charge in [0.2, 0.25) is 5.91 Å². The molecule has 0 unspecified atom stereocenters. The zero-order valence-electron chi connectivity index (χ0n) is 14.3. The number of anilines is 1. The number of benzene rings is 2. The van der Waals surface area contributed by atoms with Crippen molar-refractivity contribution in [2.45, 2.75) is 19.0 Å². The van der Waals surface area contributed by atoms with Crippen LogP contribution in [0.2, 0.25) is 0 Å². The molecule has 5 heteroatoms. The van der Waals surface area contributed by atoms with Gasteiger partial charge in [0.25, 0.3) is 0 Å². The first kappa shape index (κ1) is 17.9. The molecular formula is C21H19N3OS. The van der Waals surface area contributed by atoms with E-state index in [0.29, 0.717) is 11.3 Å². The van der Waals surface area contributed by atoms with Crippen LogP contribution in [0.5, 0.6) is 0 Å². The fraction of sp³-hybridized carbons (Fsp3) is 0.143. The summed E-state index contributed by atoms with van der Waals surface area (Å²) in [6.45, 7) is 1.85. The van der Waals surface area contributed by atoms with Gasteiger partial charge in [0.15, 0.2) is 0 Å². The molecule has 2 aromatic carbocycles. The number of carbonyl (C=O) groups excluding carboxylic acids is 1. The van der Waals surface area contributed by atoms with Gasteiger partial charge in [0.05, 0.1) is 23.7 Å². The fourth-order valence-electron chi connectivity index (χ4n) is 2.65. The molecule has 26 heavy (non-hydrogen) atoms. The number of rotatable bonds is 6. The predicted octanol–water partition coefficient (Wildman–Crippen LogP) is 4.33. The van der Waals surface area contributed by atoms with E-state index in [9.17, 15) is 4.79 Å². The number of hydrogen-bond donors (Lipinski definition) is 2. The minimum absolute atomic E-state index is 0.0436. The lowest BCUT2D eigenvalue weighted by molar-refractivity contribution is -0.117. The van der Waals surface area contributed by atoms with Gasteiger partial charge in [-0.05, 0) is 48.2 Å². The summed E-state index contributed by atoms with van der Waals surface area (Å²) in [4.78, 5) is 13.7. The smallest absolute Gasteiger partial charge is 0.241 e. The summed E-state index contributed by atoms with van der Waals surface area (Å²) in [5.74, 6) is -0.118. The molecule has 4 nitrogen and oxygen atoms in total. The van der Waals surface area contributed by atoms with Crippen molar-refractivity contribution in [3.63, 3.8) is 0 Å². The van der Waals surface area contributed by atoms with Crippen LogP contribution in [-0.4, -0.2) is 11.9 Å². The summed E-state index contributed by atoms with van der Waals surface area (Å²) < 4.78 is 0. The van der Waals surface area contributed by atoms with Crippen LogP contribution in [0.25, 0.3) is 0 Å². The highest BCUT2D eigenvalue weighted by atomic mass is 32.1. The molecule has 0 saturated carbocycles. The Kier molecular flexibility index (Phi) is 5.80. The van der Waals surface area contributed by atoms with E-state index in [1.165, 1.54) is 0 Å². The molecule has 0 saturated heterocycles. The summed E-state index contributed by atoms with van der Waals surface area (Å²) in [6, 6.07) is 22.7. The fourth-order valence-corrected chi connectivity index (χ4v) is 3.46. The Bertz CT molecular complexity index is 883. The van der Waals surface area contributed by atoms with Gasteiger partial charge in [-0.3, -0.25) is 10.1 Å². The number of hydrogen-bond acceptors (Lipinski definition) is 4. The molecular weight excluding hydrogens is 342 g/mol. The first-order chi connectivity index (χ1) is 12.7. The Morgan fingerprint density at radius 1 is 1.04 bits per heavy atom. The van der Waals surface area contributed by atoms with Gasteiger partial charge in [0.1, 0.15) is 0 Å². The average molecular weight is 361 g/mol. The molecule has 1 aromatic heterocycles. The maximum Gasteiger partial charge on any atom is 0.241 e. The molecule has 3 aromatic rings. The highest BCUT2D eigenvalue weighted by Gasteiger charge is 2.21. The first-order valence-corrected chi connectivity index (χ1v) is 9.21. The normalized spacial score (nSPS) is 12.8. The van der Waals surface area contributed by atoms with Crippen LogP contribution < -0.4 is 10.6 Å². The molecule has 3 rings (SSSR count). The summed E-state index contributed by atoms with van der Waals surface area (Å²) in [6.07, 6.45) is 0. The van der Waals surface area contributed by atoms with Crippen LogP contribution in [0.1, 0.15) is 29.0 Å². The Hall–Kier alpha value is -2.94. The highest BCUT2D eigenvalue weighted by Crippen LogP contribution is 2.26. The van der Waals surface area contributed by atoms with Crippen molar-refractivity contribution in [3.05, 3.63) is 88.1 Å². The van der Waals surface area contributed by atoms with Gasteiger partial charge in [-0.1, -0.05) is 36.4 Å². The maximum atomic E-state index is 12.6. The molecule has 0 aliphatic carbocycles. The molecule has 0 spiro atoms. The summed E-state index contributed by atoms with van der Waals surface area (Å²) in [5, 5.41) is 17.2. The maximum absolute atomic E-state index is 12.6. The topological polar surface area (TPSA) is 64.9 Å². The third kappa shape index (κ3) is 4.37.